The lowest BCUT2D eigenvalue weighted by Crippen LogP contribution is -2.38. The van der Waals surface area contributed by atoms with Gasteiger partial charge in [-0.15, -0.1) is 0 Å². The number of nitrogens with zero attached hydrogens (tertiary/aromatic N) is 1. The topological polar surface area (TPSA) is 66.5 Å². The zero-order valence-electron chi connectivity index (χ0n) is 13.6. The summed E-state index contributed by atoms with van der Waals surface area (Å²) in [7, 11) is -3.66. The number of sulfonamides is 1. The predicted molar refractivity (Wildman–Crippen MR) is 91.6 cm³/mol. The molecule has 0 atom stereocenters. The number of carbonyl (C=O) groups excluding carboxylic acids is 1. The van der Waals surface area contributed by atoms with Gasteiger partial charge in [0.2, 0.25) is 15.9 Å². The molecule has 0 heterocycles. The van der Waals surface area contributed by atoms with Crippen molar-refractivity contribution in [3.05, 3.63) is 65.7 Å². The number of anilines is 1. The molecule has 5 nitrogen and oxygen atoms in total. The van der Waals surface area contributed by atoms with E-state index in [-0.39, 0.29) is 6.54 Å². The Hall–Kier alpha value is -2.32. The first kappa shape index (κ1) is 19.0. The Balaban J connectivity index is 2.05. The summed E-state index contributed by atoms with van der Waals surface area (Å²) in [5.41, 5.74) is 0.320. The fourth-order valence-corrected chi connectivity index (χ4v) is 2.99. The SMILES string of the molecule is CS(=O)(=O)N(CCc1ccccc1)CC(=O)Nc1c(F)cccc1F. The molecule has 0 spiro atoms. The van der Waals surface area contributed by atoms with Crippen LogP contribution in [0.4, 0.5) is 14.5 Å². The van der Waals surface area contributed by atoms with Gasteiger partial charge in [-0.1, -0.05) is 36.4 Å². The molecule has 0 radical (unpaired) electrons. The van der Waals surface area contributed by atoms with Gasteiger partial charge in [0.05, 0.1) is 12.8 Å². The van der Waals surface area contributed by atoms with Crippen molar-refractivity contribution in [3.8, 4) is 0 Å². The van der Waals surface area contributed by atoms with Crippen molar-refractivity contribution in [1.82, 2.24) is 4.31 Å². The van der Waals surface area contributed by atoms with E-state index in [9.17, 15) is 22.0 Å². The molecule has 2 aromatic rings. The van der Waals surface area contributed by atoms with E-state index in [0.717, 1.165) is 28.3 Å². The predicted octanol–water partition coefficient (Wildman–Crippen LogP) is 2.41. The fraction of sp³-hybridized carbons (Fsp3) is 0.235. The summed E-state index contributed by atoms with van der Waals surface area (Å²) < 4.78 is 51.8. The molecule has 1 amide bonds. The van der Waals surface area contributed by atoms with Crippen molar-refractivity contribution in [1.29, 1.82) is 0 Å². The molecule has 25 heavy (non-hydrogen) atoms. The van der Waals surface area contributed by atoms with Crippen molar-refractivity contribution in [2.45, 2.75) is 6.42 Å². The second-order valence-electron chi connectivity index (χ2n) is 5.48. The van der Waals surface area contributed by atoms with Crippen LogP contribution >= 0.6 is 0 Å². The highest BCUT2D eigenvalue weighted by molar-refractivity contribution is 7.88. The van der Waals surface area contributed by atoms with E-state index in [4.69, 9.17) is 0 Å². The van der Waals surface area contributed by atoms with Crippen molar-refractivity contribution in [3.63, 3.8) is 0 Å². The molecule has 0 aliphatic heterocycles. The monoisotopic (exact) mass is 368 g/mol. The lowest BCUT2D eigenvalue weighted by molar-refractivity contribution is -0.116. The van der Waals surface area contributed by atoms with E-state index in [0.29, 0.717) is 6.42 Å². The number of nitrogens with one attached hydrogen (secondary N) is 1. The number of hydrogen-bond acceptors (Lipinski definition) is 3. The van der Waals surface area contributed by atoms with E-state index in [1.165, 1.54) is 6.07 Å². The van der Waals surface area contributed by atoms with Gasteiger partial charge in [-0.2, -0.15) is 4.31 Å². The highest BCUT2D eigenvalue weighted by atomic mass is 32.2. The molecule has 0 aromatic heterocycles. The standard InChI is InChI=1S/C17H18F2N2O3S/c1-25(23,24)21(11-10-13-6-3-2-4-7-13)12-16(22)20-17-14(18)8-5-9-15(17)19/h2-9H,10-12H2,1H3,(H,20,22). The van der Waals surface area contributed by atoms with Crippen LogP contribution in [0.15, 0.2) is 48.5 Å². The van der Waals surface area contributed by atoms with Gasteiger partial charge in [-0.05, 0) is 24.1 Å². The number of para-hydroxylation sites is 1. The molecule has 0 fully saturated rings. The highest BCUT2D eigenvalue weighted by Gasteiger charge is 2.21. The Morgan fingerprint density at radius 3 is 2.20 bits per heavy atom. The average molecular weight is 368 g/mol. The van der Waals surface area contributed by atoms with Crippen LogP contribution in [0.25, 0.3) is 0 Å². The van der Waals surface area contributed by atoms with Gasteiger partial charge in [-0.25, -0.2) is 17.2 Å². The van der Waals surface area contributed by atoms with Crippen LogP contribution in [0.2, 0.25) is 0 Å². The largest absolute Gasteiger partial charge is 0.320 e. The van der Waals surface area contributed by atoms with Crippen LogP contribution in [0, 0.1) is 11.6 Å². The average Bonchev–Trinajstić information content (AvgIpc) is 2.55. The van der Waals surface area contributed by atoms with Crippen LogP contribution in [0.5, 0.6) is 0 Å². The molecule has 1 N–H and O–H groups in total. The smallest absolute Gasteiger partial charge is 0.239 e. The Kier molecular flexibility index (Phi) is 6.22. The zero-order chi connectivity index (χ0) is 18.4. The summed E-state index contributed by atoms with van der Waals surface area (Å²) in [5.74, 6) is -2.67. The maximum absolute atomic E-state index is 13.6. The van der Waals surface area contributed by atoms with E-state index < -0.39 is 39.8 Å². The fourth-order valence-electron chi connectivity index (χ4n) is 2.22. The van der Waals surface area contributed by atoms with Gasteiger partial charge in [0, 0.05) is 6.54 Å². The van der Waals surface area contributed by atoms with E-state index in [1.54, 1.807) is 0 Å². The van der Waals surface area contributed by atoms with Gasteiger partial charge >= 0.3 is 0 Å². The Labute approximate surface area is 145 Å². The summed E-state index contributed by atoms with van der Waals surface area (Å²) in [5, 5.41) is 2.08. The zero-order valence-corrected chi connectivity index (χ0v) is 14.4. The molecule has 0 saturated heterocycles. The second kappa shape index (κ2) is 8.17. The molecule has 0 unspecified atom stereocenters. The minimum absolute atomic E-state index is 0.0794. The number of halogens is 2. The highest BCUT2D eigenvalue weighted by Crippen LogP contribution is 2.18. The van der Waals surface area contributed by atoms with Crippen molar-refractivity contribution in [2.24, 2.45) is 0 Å². The van der Waals surface area contributed by atoms with Gasteiger partial charge in [-0.3, -0.25) is 4.79 Å². The Morgan fingerprint density at radius 1 is 1.04 bits per heavy atom. The van der Waals surface area contributed by atoms with Crippen molar-refractivity contribution in [2.75, 3.05) is 24.7 Å². The minimum atomic E-state index is -3.66. The summed E-state index contributed by atoms with van der Waals surface area (Å²) in [4.78, 5) is 12.0. The Bertz CT molecular complexity index is 822. The molecular formula is C17H18F2N2O3S. The molecule has 8 heteroatoms. The van der Waals surface area contributed by atoms with Crippen LogP contribution < -0.4 is 5.32 Å². The summed E-state index contributed by atoms with van der Waals surface area (Å²) in [6, 6.07) is 12.4. The first-order valence-corrected chi connectivity index (χ1v) is 9.35. The maximum atomic E-state index is 13.6. The third-order valence-electron chi connectivity index (χ3n) is 3.51. The maximum Gasteiger partial charge on any atom is 0.239 e. The number of hydrogen-bond donors (Lipinski definition) is 1. The number of benzene rings is 2. The van der Waals surface area contributed by atoms with Crippen LogP contribution in [-0.2, 0) is 21.2 Å². The third kappa shape index (κ3) is 5.61. The summed E-state index contributed by atoms with van der Waals surface area (Å²) in [6.45, 7) is -0.449. The number of amides is 1. The lowest BCUT2D eigenvalue weighted by atomic mass is 10.1. The van der Waals surface area contributed by atoms with E-state index >= 15 is 0 Å². The van der Waals surface area contributed by atoms with Crippen LogP contribution in [-0.4, -0.2) is 38.0 Å². The van der Waals surface area contributed by atoms with Crippen molar-refractivity contribution < 1.29 is 22.0 Å². The van der Waals surface area contributed by atoms with Crippen molar-refractivity contribution >= 4 is 21.6 Å². The quantitative estimate of drug-likeness (QED) is 0.816. The molecule has 0 aliphatic rings. The second-order valence-corrected chi connectivity index (χ2v) is 7.46. The number of carbonyl (C=O) groups is 1. The normalized spacial score (nSPS) is 11.5. The molecule has 0 bridgehead atoms. The molecule has 134 valence electrons. The molecule has 2 rings (SSSR count). The minimum Gasteiger partial charge on any atom is -0.320 e. The summed E-state index contributed by atoms with van der Waals surface area (Å²) in [6.07, 6.45) is 1.39. The molecule has 2 aromatic carbocycles. The third-order valence-corrected chi connectivity index (χ3v) is 4.76. The van der Waals surface area contributed by atoms with Crippen LogP contribution in [0.3, 0.4) is 0 Å². The van der Waals surface area contributed by atoms with Gasteiger partial charge in [0.1, 0.15) is 17.3 Å². The number of rotatable bonds is 7. The molecule has 0 saturated carbocycles. The lowest BCUT2D eigenvalue weighted by Gasteiger charge is -2.19. The first-order chi connectivity index (χ1) is 11.8. The van der Waals surface area contributed by atoms with E-state index in [1.807, 2.05) is 30.3 Å². The van der Waals surface area contributed by atoms with Gasteiger partial charge < -0.3 is 5.32 Å². The first-order valence-electron chi connectivity index (χ1n) is 7.50. The van der Waals surface area contributed by atoms with E-state index in [2.05, 4.69) is 5.32 Å². The summed E-state index contributed by atoms with van der Waals surface area (Å²) >= 11 is 0. The van der Waals surface area contributed by atoms with Gasteiger partial charge in [0.25, 0.3) is 0 Å². The van der Waals surface area contributed by atoms with Crippen LogP contribution in [0.1, 0.15) is 5.56 Å². The molecular weight excluding hydrogens is 350 g/mol. The Morgan fingerprint density at radius 2 is 1.64 bits per heavy atom. The molecule has 0 aliphatic carbocycles. The van der Waals surface area contributed by atoms with Gasteiger partial charge in [0.15, 0.2) is 0 Å².